The molecule has 1 aliphatic carbocycles. The maximum Gasteiger partial charge on any atom is 0.410 e. The number of anilines is 1. The molecule has 0 saturated carbocycles. The number of nitrogens with one attached hydrogen (secondary N) is 1. The van der Waals surface area contributed by atoms with Crippen LogP contribution in [-0.2, 0) is 27.1 Å². The van der Waals surface area contributed by atoms with Gasteiger partial charge in [-0.2, -0.15) is 5.26 Å². The maximum absolute atomic E-state index is 12.7. The Morgan fingerprint density at radius 1 is 1.31 bits per heavy atom. The SMILES string of the molecule is CC(CC(=O)Nc1sc2c(c1C#N)CCC(OC(=O)N1CCOCC1)C2)c1ccccc1. The Labute approximate surface area is 191 Å². The van der Waals surface area contributed by atoms with Crippen LogP contribution in [0.2, 0.25) is 0 Å². The van der Waals surface area contributed by atoms with E-state index >= 15 is 0 Å². The van der Waals surface area contributed by atoms with Crippen LogP contribution in [-0.4, -0.2) is 49.3 Å². The van der Waals surface area contributed by atoms with Crippen LogP contribution < -0.4 is 5.32 Å². The van der Waals surface area contributed by atoms with Crippen LogP contribution in [0.3, 0.4) is 0 Å². The summed E-state index contributed by atoms with van der Waals surface area (Å²) in [6, 6.07) is 12.2. The Balaban J connectivity index is 1.39. The second-order valence-electron chi connectivity index (χ2n) is 8.23. The van der Waals surface area contributed by atoms with Gasteiger partial charge in [0.25, 0.3) is 0 Å². The van der Waals surface area contributed by atoms with Crippen molar-refractivity contribution in [3.8, 4) is 6.07 Å². The number of rotatable bonds is 5. The largest absolute Gasteiger partial charge is 0.446 e. The number of nitriles is 1. The fourth-order valence-corrected chi connectivity index (χ4v) is 5.46. The van der Waals surface area contributed by atoms with Crippen molar-refractivity contribution in [2.24, 2.45) is 0 Å². The number of carbonyl (C=O) groups is 2. The first-order valence-electron chi connectivity index (χ1n) is 11.0. The lowest BCUT2D eigenvalue weighted by Crippen LogP contribution is -2.42. The molecule has 32 heavy (non-hydrogen) atoms. The summed E-state index contributed by atoms with van der Waals surface area (Å²) in [7, 11) is 0. The number of amides is 2. The summed E-state index contributed by atoms with van der Waals surface area (Å²) < 4.78 is 11.0. The molecular weight excluding hydrogens is 426 g/mol. The molecular formula is C24H27N3O4S. The molecule has 8 heteroatoms. The van der Waals surface area contributed by atoms with Crippen molar-refractivity contribution in [2.75, 3.05) is 31.6 Å². The Bertz CT molecular complexity index is 1010. The molecule has 2 amide bonds. The van der Waals surface area contributed by atoms with Crippen LogP contribution in [0.15, 0.2) is 30.3 Å². The Morgan fingerprint density at radius 2 is 2.06 bits per heavy atom. The Hall–Kier alpha value is -2.89. The fourth-order valence-electron chi connectivity index (χ4n) is 4.18. The molecule has 1 aromatic heterocycles. The van der Waals surface area contributed by atoms with Crippen molar-refractivity contribution in [3.05, 3.63) is 51.9 Å². The van der Waals surface area contributed by atoms with Crippen molar-refractivity contribution in [1.29, 1.82) is 5.26 Å². The second kappa shape index (κ2) is 10.2. The highest BCUT2D eigenvalue weighted by atomic mass is 32.1. The lowest BCUT2D eigenvalue weighted by Gasteiger charge is -2.29. The van der Waals surface area contributed by atoms with Gasteiger partial charge in [0.2, 0.25) is 5.91 Å². The minimum Gasteiger partial charge on any atom is -0.446 e. The van der Waals surface area contributed by atoms with Gasteiger partial charge >= 0.3 is 6.09 Å². The highest BCUT2D eigenvalue weighted by Crippen LogP contribution is 2.38. The van der Waals surface area contributed by atoms with Crippen LogP contribution >= 0.6 is 11.3 Å². The first-order valence-corrected chi connectivity index (χ1v) is 11.8. The highest BCUT2D eigenvalue weighted by molar-refractivity contribution is 7.16. The Morgan fingerprint density at radius 3 is 2.78 bits per heavy atom. The zero-order valence-corrected chi connectivity index (χ0v) is 19.0. The van der Waals surface area contributed by atoms with Crippen molar-refractivity contribution < 1.29 is 19.1 Å². The van der Waals surface area contributed by atoms with Crippen molar-refractivity contribution in [2.45, 2.75) is 44.6 Å². The third kappa shape index (κ3) is 5.12. The molecule has 0 spiro atoms. The van der Waals surface area contributed by atoms with E-state index in [-0.39, 0.29) is 24.0 Å². The van der Waals surface area contributed by atoms with E-state index in [2.05, 4.69) is 11.4 Å². The monoisotopic (exact) mass is 453 g/mol. The normalized spacial score (nSPS) is 18.9. The molecule has 1 aliphatic heterocycles. The third-order valence-electron chi connectivity index (χ3n) is 5.98. The summed E-state index contributed by atoms with van der Waals surface area (Å²) >= 11 is 1.42. The zero-order chi connectivity index (χ0) is 22.5. The molecule has 4 rings (SSSR count). The minimum atomic E-state index is -0.303. The number of fused-ring (bicyclic) bond motifs is 1. The van der Waals surface area contributed by atoms with Gasteiger partial charge < -0.3 is 19.7 Å². The molecule has 0 radical (unpaired) electrons. The summed E-state index contributed by atoms with van der Waals surface area (Å²) in [6.45, 7) is 4.18. The Kier molecular flexibility index (Phi) is 7.08. The molecule has 2 aliphatic rings. The molecule has 2 unspecified atom stereocenters. The molecule has 1 N–H and O–H groups in total. The fraction of sp³-hybridized carbons (Fsp3) is 0.458. The summed E-state index contributed by atoms with van der Waals surface area (Å²) in [5, 5.41) is 13.3. The van der Waals surface area contributed by atoms with Gasteiger partial charge in [0.05, 0.1) is 18.8 Å². The van der Waals surface area contributed by atoms with E-state index in [4.69, 9.17) is 9.47 Å². The average molecular weight is 454 g/mol. The average Bonchev–Trinajstić information content (AvgIpc) is 3.16. The highest BCUT2D eigenvalue weighted by Gasteiger charge is 2.30. The summed E-state index contributed by atoms with van der Waals surface area (Å²) in [5.41, 5.74) is 2.63. The molecule has 1 saturated heterocycles. The summed E-state index contributed by atoms with van der Waals surface area (Å²) in [6.07, 6.45) is 1.73. The van der Waals surface area contributed by atoms with Gasteiger partial charge in [0.1, 0.15) is 17.2 Å². The van der Waals surface area contributed by atoms with E-state index in [0.717, 1.165) is 16.0 Å². The number of ether oxygens (including phenoxy) is 2. The molecule has 2 aromatic rings. The maximum atomic E-state index is 12.7. The van der Waals surface area contributed by atoms with Gasteiger partial charge in [-0.05, 0) is 29.9 Å². The molecule has 1 aromatic carbocycles. The van der Waals surface area contributed by atoms with E-state index in [1.165, 1.54) is 11.3 Å². The minimum absolute atomic E-state index is 0.0836. The third-order valence-corrected chi connectivity index (χ3v) is 7.15. The van der Waals surface area contributed by atoms with Gasteiger partial charge in [-0.25, -0.2) is 4.79 Å². The van der Waals surface area contributed by atoms with Crippen LogP contribution in [0.25, 0.3) is 0 Å². The number of morpholine rings is 1. The summed E-state index contributed by atoms with van der Waals surface area (Å²) in [5.74, 6) is -0.0213. The first kappa shape index (κ1) is 22.3. The number of thiophene rings is 1. The van der Waals surface area contributed by atoms with E-state index in [0.29, 0.717) is 62.6 Å². The van der Waals surface area contributed by atoms with Crippen molar-refractivity contribution in [1.82, 2.24) is 4.90 Å². The van der Waals surface area contributed by atoms with Crippen LogP contribution in [0.5, 0.6) is 0 Å². The van der Waals surface area contributed by atoms with Gasteiger partial charge in [0.15, 0.2) is 0 Å². The van der Waals surface area contributed by atoms with Crippen molar-refractivity contribution in [3.63, 3.8) is 0 Å². The van der Waals surface area contributed by atoms with E-state index < -0.39 is 0 Å². The number of benzene rings is 1. The van der Waals surface area contributed by atoms with E-state index in [1.807, 2.05) is 37.3 Å². The van der Waals surface area contributed by atoms with Gasteiger partial charge in [-0.1, -0.05) is 37.3 Å². The van der Waals surface area contributed by atoms with Crippen LogP contribution in [0.1, 0.15) is 47.3 Å². The van der Waals surface area contributed by atoms with Gasteiger partial charge in [0, 0.05) is 30.8 Å². The van der Waals surface area contributed by atoms with E-state index in [9.17, 15) is 14.9 Å². The standard InChI is InChI=1S/C24H27N3O4S/c1-16(17-5-3-2-4-6-17)13-22(28)26-23-20(15-25)19-8-7-18(14-21(19)32-23)31-24(29)27-9-11-30-12-10-27/h2-6,16,18H,7-14H2,1H3,(H,26,28). The van der Waals surface area contributed by atoms with Gasteiger partial charge in [-0.15, -0.1) is 11.3 Å². The van der Waals surface area contributed by atoms with Gasteiger partial charge in [-0.3, -0.25) is 4.79 Å². The number of hydrogen-bond donors (Lipinski definition) is 1. The van der Waals surface area contributed by atoms with Crippen LogP contribution in [0.4, 0.5) is 9.80 Å². The quantitative estimate of drug-likeness (QED) is 0.737. The smallest absolute Gasteiger partial charge is 0.410 e. The number of hydrogen-bond acceptors (Lipinski definition) is 6. The van der Waals surface area contributed by atoms with Crippen LogP contribution in [0, 0.1) is 11.3 Å². The molecule has 1 fully saturated rings. The van der Waals surface area contributed by atoms with E-state index in [1.54, 1.807) is 4.90 Å². The molecule has 0 bridgehead atoms. The molecule has 2 atom stereocenters. The van der Waals surface area contributed by atoms with Crippen molar-refractivity contribution >= 4 is 28.3 Å². The summed E-state index contributed by atoms with van der Waals surface area (Å²) in [4.78, 5) is 27.8. The predicted octanol–water partition coefficient (Wildman–Crippen LogP) is 4.08. The lowest BCUT2D eigenvalue weighted by atomic mass is 9.93. The zero-order valence-electron chi connectivity index (χ0n) is 18.1. The topological polar surface area (TPSA) is 91.7 Å². The lowest BCUT2D eigenvalue weighted by molar-refractivity contribution is -0.116. The first-order chi connectivity index (χ1) is 15.5. The number of carbonyl (C=O) groups excluding carboxylic acids is 2. The second-order valence-corrected chi connectivity index (χ2v) is 9.34. The molecule has 2 heterocycles. The molecule has 168 valence electrons. The number of nitrogens with zero attached hydrogens (tertiary/aromatic N) is 2. The molecule has 7 nitrogen and oxygen atoms in total. The predicted molar refractivity (Wildman–Crippen MR) is 122 cm³/mol.